The van der Waals surface area contributed by atoms with E-state index in [1.165, 1.54) is 0 Å². The largest absolute Gasteiger partial charge is 0.460 e. The van der Waals surface area contributed by atoms with E-state index in [2.05, 4.69) is 0 Å². The van der Waals surface area contributed by atoms with Gasteiger partial charge in [0.05, 0.1) is 6.10 Å². The van der Waals surface area contributed by atoms with Gasteiger partial charge in [0.1, 0.15) is 12.2 Å². The minimum absolute atomic E-state index is 0.200. The lowest BCUT2D eigenvalue weighted by Crippen LogP contribution is -2.28. The summed E-state index contributed by atoms with van der Waals surface area (Å²) in [6.45, 7) is 1.64. The molecule has 0 amide bonds. The first-order valence-electron chi connectivity index (χ1n) is 4.82. The zero-order valence-corrected chi connectivity index (χ0v) is 8.22. The van der Waals surface area contributed by atoms with Crippen molar-refractivity contribution < 1.29 is 19.7 Å². The quantitative estimate of drug-likeness (QED) is 0.438. The van der Waals surface area contributed by atoms with E-state index < -0.39 is 18.3 Å². The Morgan fingerprint density at radius 2 is 2.21 bits per heavy atom. The van der Waals surface area contributed by atoms with Gasteiger partial charge in [0.15, 0.2) is 0 Å². The Labute approximate surface area is 83.2 Å². The van der Waals surface area contributed by atoms with Gasteiger partial charge in [-0.05, 0) is 19.8 Å². The van der Waals surface area contributed by atoms with Crippen LogP contribution in [0.1, 0.15) is 26.2 Å². The minimum atomic E-state index is -0.788. The van der Waals surface area contributed by atoms with Crippen LogP contribution in [0.3, 0.4) is 0 Å². The summed E-state index contributed by atoms with van der Waals surface area (Å²) in [5, 5.41) is 18.8. The summed E-state index contributed by atoms with van der Waals surface area (Å²) in [4.78, 5) is 11.1. The first-order valence-corrected chi connectivity index (χ1v) is 4.82. The molecule has 14 heavy (non-hydrogen) atoms. The second-order valence-corrected chi connectivity index (χ2v) is 3.54. The molecule has 0 aromatic heterocycles. The van der Waals surface area contributed by atoms with E-state index in [1.54, 1.807) is 19.1 Å². The highest BCUT2D eigenvalue weighted by atomic mass is 16.6. The van der Waals surface area contributed by atoms with Crippen LogP contribution >= 0.6 is 0 Å². The fraction of sp³-hybridized carbons (Fsp3) is 0.700. The molecule has 1 rings (SSSR count). The van der Waals surface area contributed by atoms with Crippen molar-refractivity contribution in [3.05, 3.63) is 12.2 Å². The van der Waals surface area contributed by atoms with Crippen LogP contribution in [0.4, 0.5) is 0 Å². The molecule has 0 spiro atoms. The van der Waals surface area contributed by atoms with Gasteiger partial charge in [0.2, 0.25) is 0 Å². The average molecular weight is 200 g/mol. The standard InChI is InChI=1S/C10H16O4/c1-7-9(12)4-2-3-8(11)5-6-10(13)14-7/h2,4,7-9,11-12H,3,5-6H2,1H3/b4-2-/t7-,8-,9-/m0/s1. The van der Waals surface area contributed by atoms with Gasteiger partial charge in [-0.3, -0.25) is 4.79 Å². The van der Waals surface area contributed by atoms with E-state index in [9.17, 15) is 15.0 Å². The van der Waals surface area contributed by atoms with Crippen molar-refractivity contribution in [2.75, 3.05) is 0 Å². The Balaban J connectivity index is 2.62. The molecule has 0 unspecified atom stereocenters. The minimum Gasteiger partial charge on any atom is -0.460 e. The fourth-order valence-corrected chi connectivity index (χ4v) is 1.27. The zero-order chi connectivity index (χ0) is 10.6. The molecule has 80 valence electrons. The lowest BCUT2D eigenvalue weighted by molar-refractivity contribution is -0.152. The first kappa shape index (κ1) is 11.2. The van der Waals surface area contributed by atoms with Crippen LogP contribution in [0.15, 0.2) is 12.2 Å². The third kappa shape index (κ3) is 3.47. The van der Waals surface area contributed by atoms with Crippen LogP contribution in [0, 0.1) is 0 Å². The third-order valence-electron chi connectivity index (χ3n) is 2.22. The number of ether oxygens (including phenoxy) is 1. The topological polar surface area (TPSA) is 66.8 Å². The van der Waals surface area contributed by atoms with E-state index in [-0.39, 0.29) is 12.4 Å². The van der Waals surface area contributed by atoms with Crippen LogP contribution in [-0.2, 0) is 9.53 Å². The molecule has 0 saturated heterocycles. The second kappa shape index (κ2) is 5.12. The molecule has 0 aliphatic carbocycles. The number of rotatable bonds is 0. The molecular formula is C10H16O4. The number of esters is 1. The SMILES string of the molecule is C[C@@H]1OC(=O)CC[C@@H](O)C/C=C\[C@@H]1O. The Morgan fingerprint density at radius 3 is 2.93 bits per heavy atom. The van der Waals surface area contributed by atoms with E-state index >= 15 is 0 Å². The molecule has 0 radical (unpaired) electrons. The van der Waals surface area contributed by atoms with Crippen LogP contribution < -0.4 is 0 Å². The zero-order valence-electron chi connectivity index (χ0n) is 8.22. The molecule has 0 aromatic carbocycles. The van der Waals surface area contributed by atoms with Crippen LogP contribution in [0.25, 0.3) is 0 Å². The van der Waals surface area contributed by atoms with E-state index in [4.69, 9.17) is 4.74 Å². The number of cyclic esters (lactones) is 1. The third-order valence-corrected chi connectivity index (χ3v) is 2.22. The molecule has 2 N–H and O–H groups in total. The summed E-state index contributed by atoms with van der Waals surface area (Å²) in [6.07, 6.45) is 2.50. The van der Waals surface area contributed by atoms with Gasteiger partial charge < -0.3 is 14.9 Å². The average Bonchev–Trinajstić information content (AvgIpc) is 2.13. The second-order valence-electron chi connectivity index (χ2n) is 3.54. The maximum atomic E-state index is 11.1. The van der Waals surface area contributed by atoms with Gasteiger partial charge in [-0.15, -0.1) is 0 Å². The van der Waals surface area contributed by atoms with Crippen molar-refractivity contribution in [3.8, 4) is 0 Å². The molecular weight excluding hydrogens is 184 g/mol. The predicted molar refractivity (Wildman–Crippen MR) is 50.6 cm³/mol. The smallest absolute Gasteiger partial charge is 0.306 e. The highest BCUT2D eigenvalue weighted by molar-refractivity contribution is 5.69. The van der Waals surface area contributed by atoms with Gasteiger partial charge >= 0.3 is 5.97 Å². The highest BCUT2D eigenvalue weighted by Gasteiger charge is 2.18. The summed E-state index contributed by atoms with van der Waals surface area (Å²) < 4.78 is 4.94. The van der Waals surface area contributed by atoms with Crippen LogP contribution in [0.5, 0.6) is 0 Å². The summed E-state index contributed by atoms with van der Waals surface area (Å²) in [5.74, 6) is -0.370. The Morgan fingerprint density at radius 1 is 1.50 bits per heavy atom. The number of hydrogen-bond acceptors (Lipinski definition) is 4. The normalized spacial score (nSPS) is 37.4. The lowest BCUT2D eigenvalue weighted by atomic mass is 10.1. The molecule has 3 atom stereocenters. The molecule has 0 fully saturated rings. The Kier molecular flexibility index (Phi) is 4.10. The maximum Gasteiger partial charge on any atom is 0.306 e. The fourth-order valence-electron chi connectivity index (χ4n) is 1.27. The molecule has 0 saturated carbocycles. The maximum absolute atomic E-state index is 11.1. The van der Waals surface area contributed by atoms with Gasteiger partial charge in [0.25, 0.3) is 0 Å². The Bertz CT molecular complexity index is 224. The number of aliphatic hydroxyl groups excluding tert-OH is 2. The highest BCUT2D eigenvalue weighted by Crippen LogP contribution is 2.10. The van der Waals surface area contributed by atoms with Crippen LogP contribution in [-0.4, -0.2) is 34.5 Å². The van der Waals surface area contributed by atoms with Crippen molar-refractivity contribution in [2.45, 2.75) is 44.5 Å². The first-order chi connectivity index (χ1) is 6.59. The number of carbonyl (C=O) groups excluding carboxylic acids is 1. The van der Waals surface area contributed by atoms with Crippen molar-refractivity contribution >= 4 is 5.97 Å². The van der Waals surface area contributed by atoms with Gasteiger partial charge in [-0.25, -0.2) is 0 Å². The number of aliphatic hydroxyl groups is 2. The molecule has 0 aromatic rings. The predicted octanol–water partition coefficient (Wildman–Crippen LogP) is 0.380. The van der Waals surface area contributed by atoms with Crippen LogP contribution in [0.2, 0.25) is 0 Å². The molecule has 1 heterocycles. The van der Waals surface area contributed by atoms with Gasteiger partial charge in [-0.1, -0.05) is 12.2 Å². The summed E-state index contributed by atoms with van der Waals surface area (Å²) in [5.41, 5.74) is 0. The monoisotopic (exact) mass is 200 g/mol. The molecule has 1 aliphatic rings. The molecule has 4 heteroatoms. The van der Waals surface area contributed by atoms with Crippen molar-refractivity contribution in [3.63, 3.8) is 0 Å². The molecule has 0 bridgehead atoms. The summed E-state index contributed by atoms with van der Waals surface area (Å²) >= 11 is 0. The van der Waals surface area contributed by atoms with Crippen molar-refractivity contribution in [2.24, 2.45) is 0 Å². The van der Waals surface area contributed by atoms with Gasteiger partial charge in [-0.2, -0.15) is 0 Å². The number of hydrogen-bond donors (Lipinski definition) is 2. The number of carbonyl (C=O) groups is 1. The molecule has 4 nitrogen and oxygen atoms in total. The van der Waals surface area contributed by atoms with E-state index in [0.29, 0.717) is 12.8 Å². The lowest BCUT2D eigenvalue weighted by Gasteiger charge is -2.18. The van der Waals surface area contributed by atoms with E-state index in [0.717, 1.165) is 0 Å². The van der Waals surface area contributed by atoms with Crippen molar-refractivity contribution in [1.82, 2.24) is 0 Å². The Hall–Kier alpha value is -0.870. The van der Waals surface area contributed by atoms with Gasteiger partial charge in [0, 0.05) is 6.42 Å². The van der Waals surface area contributed by atoms with E-state index in [1.807, 2.05) is 0 Å². The summed E-state index contributed by atoms with van der Waals surface area (Å²) in [6, 6.07) is 0. The molecule has 1 aliphatic heterocycles. The summed E-state index contributed by atoms with van der Waals surface area (Å²) in [7, 11) is 0. The van der Waals surface area contributed by atoms with Crippen molar-refractivity contribution in [1.29, 1.82) is 0 Å².